The summed E-state index contributed by atoms with van der Waals surface area (Å²) in [5.74, 6) is 0.389. The molecule has 1 amide bonds. The van der Waals surface area contributed by atoms with E-state index in [4.69, 9.17) is 22.7 Å². The standard InChI is InChI=1S/C11H22N2O2S/c1-4-13(6-5-10(12)16)11(14)7-9(2)8-15-3/h9H,4-8H2,1-3H3,(H2,12,16). The van der Waals surface area contributed by atoms with Gasteiger partial charge in [-0.25, -0.2) is 0 Å². The van der Waals surface area contributed by atoms with Gasteiger partial charge in [0.2, 0.25) is 5.91 Å². The van der Waals surface area contributed by atoms with Gasteiger partial charge in [0.15, 0.2) is 0 Å². The zero-order valence-electron chi connectivity index (χ0n) is 10.4. The molecule has 0 aliphatic carbocycles. The largest absolute Gasteiger partial charge is 0.393 e. The van der Waals surface area contributed by atoms with Crippen molar-refractivity contribution in [2.45, 2.75) is 26.7 Å². The maximum Gasteiger partial charge on any atom is 0.222 e. The summed E-state index contributed by atoms with van der Waals surface area (Å²) in [5, 5.41) is 0. The van der Waals surface area contributed by atoms with Crippen LogP contribution in [-0.4, -0.2) is 42.6 Å². The minimum atomic E-state index is 0.142. The molecular formula is C11H22N2O2S. The molecule has 0 heterocycles. The number of amides is 1. The lowest BCUT2D eigenvalue weighted by molar-refractivity contribution is -0.132. The highest BCUT2D eigenvalue weighted by molar-refractivity contribution is 7.80. The van der Waals surface area contributed by atoms with E-state index in [1.165, 1.54) is 0 Å². The Bertz CT molecular complexity index is 234. The second-order valence-corrected chi connectivity index (χ2v) is 4.48. The summed E-state index contributed by atoms with van der Waals surface area (Å²) < 4.78 is 5.00. The van der Waals surface area contributed by atoms with Crippen molar-refractivity contribution in [1.29, 1.82) is 0 Å². The van der Waals surface area contributed by atoms with E-state index in [1.54, 1.807) is 12.0 Å². The van der Waals surface area contributed by atoms with Crippen molar-refractivity contribution in [2.75, 3.05) is 26.8 Å². The molecule has 0 aromatic rings. The van der Waals surface area contributed by atoms with Gasteiger partial charge in [0.1, 0.15) is 0 Å². The summed E-state index contributed by atoms with van der Waals surface area (Å²) in [6.07, 6.45) is 1.10. The van der Waals surface area contributed by atoms with Crippen LogP contribution in [0.3, 0.4) is 0 Å². The number of ether oxygens (including phenoxy) is 1. The monoisotopic (exact) mass is 246 g/mol. The molecule has 0 bridgehead atoms. The molecule has 0 radical (unpaired) electrons. The molecule has 16 heavy (non-hydrogen) atoms. The SMILES string of the molecule is CCN(CCC(N)=S)C(=O)CC(C)COC. The Hall–Kier alpha value is -0.680. The van der Waals surface area contributed by atoms with E-state index in [2.05, 4.69) is 0 Å². The first-order valence-corrected chi connectivity index (χ1v) is 5.97. The number of hydrogen-bond acceptors (Lipinski definition) is 3. The molecule has 0 spiro atoms. The number of hydrogen-bond donors (Lipinski definition) is 1. The fourth-order valence-corrected chi connectivity index (χ4v) is 1.57. The molecule has 0 aliphatic rings. The minimum Gasteiger partial charge on any atom is -0.393 e. The zero-order valence-corrected chi connectivity index (χ0v) is 11.2. The first kappa shape index (κ1) is 15.3. The molecule has 4 nitrogen and oxygen atoms in total. The molecule has 1 unspecified atom stereocenters. The highest BCUT2D eigenvalue weighted by atomic mass is 32.1. The maximum atomic E-state index is 11.9. The number of methoxy groups -OCH3 is 1. The molecule has 0 rings (SSSR count). The van der Waals surface area contributed by atoms with Crippen molar-refractivity contribution in [3.05, 3.63) is 0 Å². The van der Waals surface area contributed by atoms with Crippen molar-refractivity contribution in [3.8, 4) is 0 Å². The minimum absolute atomic E-state index is 0.142. The van der Waals surface area contributed by atoms with Crippen LogP contribution < -0.4 is 5.73 Å². The number of nitrogens with two attached hydrogens (primary N) is 1. The molecular weight excluding hydrogens is 224 g/mol. The summed E-state index contributed by atoms with van der Waals surface area (Å²) in [5.41, 5.74) is 5.42. The molecule has 0 aromatic carbocycles. The summed E-state index contributed by atoms with van der Waals surface area (Å²) in [7, 11) is 1.64. The summed E-state index contributed by atoms with van der Waals surface area (Å²) in [6, 6.07) is 0. The lowest BCUT2D eigenvalue weighted by Gasteiger charge is -2.22. The molecule has 0 saturated carbocycles. The van der Waals surface area contributed by atoms with Gasteiger partial charge in [0.25, 0.3) is 0 Å². The Balaban J connectivity index is 4.04. The maximum absolute atomic E-state index is 11.9. The van der Waals surface area contributed by atoms with E-state index in [1.807, 2.05) is 13.8 Å². The van der Waals surface area contributed by atoms with Crippen LogP contribution in [0.25, 0.3) is 0 Å². The van der Waals surface area contributed by atoms with Crippen molar-refractivity contribution in [1.82, 2.24) is 4.90 Å². The lowest BCUT2D eigenvalue weighted by Crippen LogP contribution is -2.34. The van der Waals surface area contributed by atoms with Crippen molar-refractivity contribution in [2.24, 2.45) is 11.7 Å². The lowest BCUT2D eigenvalue weighted by atomic mass is 10.1. The highest BCUT2D eigenvalue weighted by Crippen LogP contribution is 2.06. The Labute approximate surface area is 103 Å². The van der Waals surface area contributed by atoms with Crippen LogP contribution in [-0.2, 0) is 9.53 Å². The number of nitrogens with zero attached hydrogens (tertiary/aromatic N) is 1. The molecule has 1 atom stereocenters. The van der Waals surface area contributed by atoms with E-state index in [0.29, 0.717) is 37.5 Å². The normalized spacial score (nSPS) is 12.2. The van der Waals surface area contributed by atoms with Crippen LogP contribution in [0.4, 0.5) is 0 Å². The Morgan fingerprint density at radius 2 is 2.19 bits per heavy atom. The van der Waals surface area contributed by atoms with E-state index in [0.717, 1.165) is 0 Å². The predicted molar refractivity (Wildman–Crippen MR) is 69.3 cm³/mol. The van der Waals surface area contributed by atoms with Crippen molar-refractivity contribution >= 4 is 23.1 Å². The molecule has 0 aliphatic heterocycles. The quantitative estimate of drug-likeness (QED) is 0.654. The topological polar surface area (TPSA) is 55.6 Å². The summed E-state index contributed by atoms with van der Waals surface area (Å²) in [6.45, 7) is 5.88. The van der Waals surface area contributed by atoms with Crippen LogP contribution in [0.5, 0.6) is 0 Å². The van der Waals surface area contributed by atoms with Gasteiger partial charge in [-0.3, -0.25) is 4.79 Å². The third kappa shape index (κ3) is 6.74. The average molecular weight is 246 g/mol. The Morgan fingerprint density at radius 3 is 2.62 bits per heavy atom. The molecule has 0 saturated heterocycles. The smallest absolute Gasteiger partial charge is 0.222 e. The first-order chi connectivity index (χ1) is 7.51. The number of rotatable bonds is 8. The fourth-order valence-electron chi connectivity index (χ4n) is 1.47. The summed E-state index contributed by atoms with van der Waals surface area (Å²) in [4.78, 5) is 14.1. The van der Waals surface area contributed by atoms with Gasteiger partial charge in [-0.2, -0.15) is 0 Å². The number of carbonyl (C=O) groups is 1. The van der Waals surface area contributed by atoms with Crippen molar-refractivity contribution in [3.63, 3.8) is 0 Å². The second kappa shape index (κ2) is 8.47. The van der Waals surface area contributed by atoms with Gasteiger partial charge in [0.05, 0.1) is 4.99 Å². The van der Waals surface area contributed by atoms with E-state index >= 15 is 0 Å². The number of carbonyl (C=O) groups excluding carboxylic acids is 1. The van der Waals surface area contributed by atoms with Crippen LogP contribution in [0, 0.1) is 5.92 Å². The van der Waals surface area contributed by atoms with Crippen molar-refractivity contribution < 1.29 is 9.53 Å². The molecule has 0 fully saturated rings. The van der Waals surface area contributed by atoms with Crippen LogP contribution >= 0.6 is 12.2 Å². The van der Waals surface area contributed by atoms with E-state index < -0.39 is 0 Å². The third-order valence-corrected chi connectivity index (χ3v) is 2.54. The van der Waals surface area contributed by atoms with Crippen LogP contribution in [0.1, 0.15) is 26.7 Å². The fraction of sp³-hybridized carbons (Fsp3) is 0.818. The zero-order chi connectivity index (χ0) is 12.6. The average Bonchev–Trinajstić information content (AvgIpc) is 2.18. The third-order valence-electron chi connectivity index (χ3n) is 2.34. The van der Waals surface area contributed by atoms with Gasteiger partial charge >= 0.3 is 0 Å². The highest BCUT2D eigenvalue weighted by Gasteiger charge is 2.15. The van der Waals surface area contributed by atoms with Gasteiger partial charge in [-0.1, -0.05) is 19.1 Å². The Morgan fingerprint density at radius 1 is 1.56 bits per heavy atom. The van der Waals surface area contributed by atoms with Gasteiger partial charge in [0, 0.05) is 39.6 Å². The van der Waals surface area contributed by atoms with Crippen LogP contribution in [0.2, 0.25) is 0 Å². The Kier molecular flexibility index (Phi) is 8.11. The molecule has 94 valence electrons. The van der Waals surface area contributed by atoms with Gasteiger partial charge < -0.3 is 15.4 Å². The predicted octanol–water partition coefficient (Wildman–Crippen LogP) is 1.18. The van der Waals surface area contributed by atoms with E-state index in [9.17, 15) is 4.79 Å². The number of thiocarbonyl (C=S) groups is 1. The van der Waals surface area contributed by atoms with Gasteiger partial charge in [-0.15, -0.1) is 0 Å². The molecule has 2 N–H and O–H groups in total. The van der Waals surface area contributed by atoms with Gasteiger partial charge in [-0.05, 0) is 12.8 Å². The second-order valence-electron chi connectivity index (χ2n) is 3.95. The first-order valence-electron chi connectivity index (χ1n) is 5.56. The molecule has 5 heteroatoms. The van der Waals surface area contributed by atoms with Crippen LogP contribution in [0.15, 0.2) is 0 Å². The summed E-state index contributed by atoms with van der Waals surface area (Å²) >= 11 is 4.80. The van der Waals surface area contributed by atoms with E-state index in [-0.39, 0.29) is 11.8 Å². The molecule has 0 aromatic heterocycles.